The quantitative estimate of drug-likeness (QED) is 0.551. The van der Waals surface area contributed by atoms with Crippen LogP contribution in [0, 0.1) is 0 Å². The fourth-order valence-electron chi connectivity index (χ4n) is 1.70. The summed E-state index contributed by atoms with van der Waals surface area (Å²) in [5.74, 6) is 0.00852. The molecule has 2 saturated heterocycles. The lowest BCUT2D eigenvalue weighted by Crippen LogP contribution is -2.53. The SMILES string of the molecule is CO[C@@H]1O[C@@H]2CS(=O)(=O)[C@@H]2[C@H]1O. The Morgan fingerprint density at radius 3 is 2.67 bits per heavy atom. The van der Waals surface area contributed by atoms with Gasteiger partial charge in [0, 0.05) is 7.11 Å². The van der Waals surface area contributed by atoms with Gasteiger partial charge in [-0.3, -0.25) is 0 Å². The maximum absolute atomic E-state index is 11.1. The first-order valence-electron chi connectivity index (χ1n) is 3.64. The van der Waals surface area contributed by atoms with Gasteiger partial charge in [-0.15, -0.1) is 0 Å². The predicted octanol–water partition coefficient (Wildman–Crippen LogP) is -1.48. The molecular formula is C6H10O5S. The lowest BCUT2D eigenvalue weighted by Gasteiger charge is -2.29. The van der Waals surface area contributed by atoms with Gasteiger partial charge < -0.3 is 14.6 Å². The minimum atomic E-state index is -3.11. The second-order valence-electron chi connectivity index (χ2n) is 3.06. The van der Waals surface area contributed by atoms with Crippen LogP contribution in [0.5, 0.6) is 0 Å². The van der Waals surface area contributed by atoms with E-state index in [-0.39, 0.29) is 11.9 Å². The number of fused-ring (bicyclic) bond motifs is 1. The molecule has 4 atom stereocenters. The largest absolute Gasteiger partial charge is 0.386 e. The molecule has 6 heteroatoms. The van der Waals surface area contributed by atoms with Crippen LogP contribution in [0.3, 0.4) is 0 Å². The fraction of sp³-hybridized carbons (Fsp3) is 1.00. The topological polar surface area (TPSA) is 72.8 Å². The van der Waals surface area contributed by atoms with Gasteiger partial charge >= 0.3 is 0 Å². The van der Waals surface area contributed by atoms with Crippen molar-refractivity contribution in [3.63, 3.8) is 0 Å². The molecule has 2 fully saturated rings. The molecule has 0 amide bonds. The van der Waals surface area contributed by atoms with Crippen molar-refractivity contribution in [2.75, 3.05) is 12.9 Å². The van der Waals surface area contributed by atoms with E-state index in [0.29, 0.717) is 0 Å². The number of hydrogen-bond acceptors (Lipinski definition) is 5. The number of aliphatic hydroxyl groups is 1. The Bertz CT molecular complexity index is 284. The summed E-state index contributed by atoms with van der Waals surface area (Å²) >= 11 is 0. The molecule has 2 rings (SSSR count). The van der Waals surface area contributed by atoms with Crippen LogP contribution in [0.2, 0.25) is 0 Å². The third-order valence-electron chi connectivity index (χ3n) is 2.33. The van der Waals surface area contributed by atoms with Gasteiger partial charge in [0.15, 0.2) is 16.1 Å². The monoisotopic (exact) mass is 194 g/mol. The zero-order chi connectivity index (χ0) is 8.93. The summed E-state index contributed by atoms with van der Waals surface area (Å²) in [6.45, 7) is 0. The molecule has 0 aromatic heterocycles. The van der Waals surface area contributed by atoms with Crippen molar-refractivity contribution < 1.29 is 23.0 Å². The van der Waals surface area contributed by atoms with Crippen LogP contribution in [-0.4, -0.2) is 50.1 Å². The van der Waals surface area contributed by atoms with E-state index < -0.39 is 27.5 Å². The van der Waals surface area contributed by atoms with E-state index in [0.717, 1.165) is 0 Å². The van der Waals surface area contributed by atoms with Crippen LogP contribution in [0.15, 0.2) is 0 Å². The van der Waals surface area contributed by atoms with Gasteiger partial charge in [0.25, 0.3) is 0 Å². The van der Waals surface area contributed by atoms with Crippen LogP contribution in [0.4, 0.5) is 0 Å². The van der Waals surface area contributed by atoms with E-state index in [1.54, 1.807) is 0 Å². The highest BCUT2D eigenvalue weighted by Gasteiger charge is 2.59. The Kier molecular flexibility index (Phi) is 1.69. The second-order valence-corrected chi connectivity index (χ2v) is 5.27. The Hall–Kier alpha value is -0.170. The van der Waals surface area contributed by atoms with Gasteiger partial charge in [-0.2, -0.15) is 0 Å². The molecule has 12 heavy (non-hydrogen) atoms. The minimum Gasteiger partial charge on any atom is -0.386 e. The van der Waals surface area contributed by atoms with Crippen molar-refractivity contribution in [1.29, 1.82) is 0 Å². The highest BCUT2D eigenvalue weighted by Crippen LogP contribution is 2.36. The normalized spacial score (nSPS) is 49.8. The van der Waals surface area contributed by atoms with Crippen LogP contribution in [0.25, 0.3) is 0 Å². The molecule has 0 saturated carbocycles. The maximum Gasteiger partial charge on any atom is 0.184 e. The number of sulfone groups is 1. The van der Waals surface area contributed by atoms with Gasteiger partial charge in [-0.05, 0) is 0 Å². The van der Waals surface area contributed by atoms with Crippen LogP contribution in [-0.2, 0) is 19.3 Å². The third kappa shape index (κ3) is 0.922. The number of methoxy groups -OCH3 is 1. The van der Waals surface area contributed by atoms with E-state index in [9.17, 15) is 13.5 Å². The zero-order valence-electron chi connectivity index (χ0n) is 6.50. The number of ether oxygens (including phenoxy) is 2. The smallest absolute Gasteiger partial charge is 0.184 e. The summed E-state index contributed by atoms with van der Waals surface area (Å²) in [6.07, 6.45) is -2.18. The molecule has 2 aliphatic heterocycles. The summed E-state index contributed by atoms with van der Waals surface area (Å²) in [6, 6.07) is 0. The van der Waals surface area contributed by atoms with Crippen molar-refractivity contribution in [3.8, 4) is 0 Å². The van der Waals surface area contributed by atoms with E-state index in [1.165, 1.54) is 7.11 Å². The van der Waals surface area contributed by atoms with E-state index in [4.69, 9.17) is 9.47 Å². The molecule has 0 radical (unpaired) electrons. The van der Waals surface area contributed by atoms with Crippen LogP contribution in [0.1, 0.15) is 0 Å². The van der Waals surface area contributed by atoms with Crippen LogP contribution < -0.4 is 0 Å². The van der Waals surface area contributed by atoms with E-state index >= 15 is 0 Å². The molecule has 0 spiro atoms. The third-order valence-corrected chi connectivity index (χ3v) is 4.54. The van der Waals surface area contributed by atoms with Gasteiger partial charge in [0.05, 0.1) is 11.9 Å². The first kappa shape index (κ1) is 8.43. The first-order chi connectivity index (χ1) is 5.56. The fourth-order valence-corrected chi connectivity index (χ4v) is 3.48. The van der Waals surface area contributed by atoms with E-state index in [1.807, 2.05) is 0 Å². The van der Waals surface area contributed by atoms with Gasteiger partial charge in [-0.25, -0.2) is 8.42 Å². The van der Waals surface area contributed by atoms with Crippen molar-refractivity contribution in [3.05, 3.63) is 0 Å². The molecule has 0 aromatic rings. The lowest BCUT2D eigenvalue weighted by molar-refractivity contribution is -0.144. The van der Waals surface area contributed by atoms with Crippen LogP contribution >= 0.6 is 0 Å². The van der Waals surface area contributed by atoms with Crippen molar-refractivity contribution >= 4 is 9.84 Å². The highest BCUT2D eigenvalue weighted by atomic mass is 32.2. The highest BCUT2D eigenvalue weighted by molar-refractivity contribution is 7.93. The van der Waals surface area contributed by atoms with Crippen molar-refractivity contribution in [1.82, 2.24) is 0 Å². The minimum absolute atomic E-state index is 0.00852. The zero-order valence-corrected chi connectivity index (χ0v) is 7.32. The second kappa shape index (κ2) is 2.41. The standard InChI is InChI=1S/C6H10O5S/c1-10-6-4(7)5-3(11-6)2-12(5,8)9/h3-7H,2H2,1H3/t3-,4-,5+,6-/m1/s1. The molecule has 0 bridgehead atoms. The molecule has 5 nitrogen and oxygen atoms in total. The Labute approximate surface area is 70.2 Å². The van der Waals surface area contributed by atoms with E-state index in [2.05, 4.69) is 0 Å². The Morgan fingerprint density at radius 1 is 1.58 bits per heavy atom. The average Bonchev–Trinajstić information content (AvgIpc) is 2.21. The summed E-state index contributed by atoms with van der Waals surface area (Å²) in [5, 5.41) is 8.62. The van der Waals surface area contributed by atoms with Gasteiger partial charge in [0.1, 0.15) is 11.4 Å². The summed E-state index contributed by atoms with van der Waals surface area (Å²) in [4.78, 5) is 0. The first-order valence-corrected chi connectivity index (χ1v) is 5.35. The molecule has 2 heterocycles. The Morgan fingerprint density at radius 2 is 2.25 bits per heavy atom. The molecule has 0 aromatic carbocycles. The molecule has 1 N–H and O–H groups in total. The number of aliphatic hydroxyl groups excluding tert-OH is 1. The average molecular weight is 194 g/mol. The number of hydrogen-bond donors (Lipinski definition) is 1. The lowest BCUT2D eigenvalue weighted by atomic mass is 10.2. The van der Waals surface area contributed by atoms with Crippen molar-refractivity contribution in [2.24, 2.45) is 0 Å². The maximum atomic E-state index is 11.1. The molecule has 0 unspecified atom stereocenters. The Balaban J connectivity index is 2.20. The molecule has 70 valence electrons. The summed E-state index contributed by atoms with van der Waals surface area (Å²) in [7, 11) is -1.73. The summed E-state index contributed by atoms with van der Waals surface area (Å²) in [5.41, 5.74) is 0. The molecular weight excluding hydrogens is 184 g/mol. The summed E-state index contributed by atoms with van der Waals surface area (Å²) < 4.78 is 32.0. The van der Waals surface area contributed by atoms with Gasteiger partial charge in [0.2, 0.25) is 0 Å². The molecule has 2 aliphatic rings. The molecule has 0 aliphatic carbocycles. The number of rotatable bonds is 1. The van der Waals surface area contributed by atoms with Crippen molar-refractivity contribution in [2.45, 2.75) is 23.7 Å². The van der Waals surface area contributed by atoms with Gasteiger partial charge in [-0.1, -0.05) is 0 Å². The predicted molar refractivity (Wildman–Crippen MR) is 39.3 cm³/mol.